The highest BCUT2D eigenvalue weighted by Crippen LogP contribution is 2.33. The average Bonchev–Trinajstić information content (AvgIpc) is 3.19. The molecule has 1 saturated carbocycles. The first-order chi connectivity index (χ1) is 10.3. The second kappa shape index (κ2) is 6.43. The maximum atomic E-state index is 12.5. The molecule has 2 heterocycles. The third kappa shape index (κ3) is 3.02. The van der Waals surface area contributed by atoms with Crippen molar-refractivity contribution in [2.24, 2.45) is 17.6 Å². The molecule has 1 aromatic rings. The molecule has 1 aliphatic heterocycles. The quantitative estimate of drug-likeness (QED) is 0.889. The van der Waals surface area contributed by atoms with Gasteiger partial charge in [-0.05, 0) is 50.3 Å². The van der Waals surface area contributed by atoms with Gasteiger partial charge in [0.1, 0.15) is 0 Å². The largest absolute Gasteiger partial charge is 0.355 e. The van der Waals surface area contributed by atoms with Crippen LogP contribution in [0.5, 0.6) is 0 Å². The first kappa shape index (κ1) is 14.3. The second-order valence-corrected chi connectivity index (χ2v) is 6.09. The van der Waals surface area contributed by atoms with E-state index >= 15 is 0 Å². The van der Waals surface area contributed by atoms with E-state index < -0.39 is 0 Å². The van der Waals surface area contributed by atoms with Gasteiger partial charge in [-0.3, -0.25) is 4.79 Å². The van der Waals surface area contributed by atoms with E-state index in [0.29, 0.717) is 12.5 Å². The van der Waals surface area contributed by atoms with Crippen LogP contribution in [-0.2, 0) is 4.79 Å². The van der Waals surface area contributed by atoms with Crippen LogP contribution < -0.4 is 16.0 Å². The molecule has 0 radical (unpaired) electrons. The highest BCUT2D eigenvalue weighted by Gasteiger charge is 2.32. The number of nitrogens with one attached hydrogen (secondary N) is 1. The van der Waals surface area contributed by atoms with Crippen molar-refractivity contribution in [3.8, 4) is 0 Å². The van der Waals surface area contributed by atoms with Crippen LogP contribution in [0.2, 0.25) is 0 Å². The predicted molar refractivity (Wildman–Crippen MR) is 84.2 cm³/mol. The fourth-order valence-corrected chi connectivity index (χ4v) is 3.57. The summed E-state index contributed by atoms with van der Waals surface area (Å²) in [6.45, 7) is 2.65. The van der Waals surface area contributed by atoms with Crippen molar-refractivity contribution in [1.29, 1.82) is 0 Å². The SMILES string of the molecule is NCC1CCCC1C(=O)Nc1cccnc1N1CCCC1. The van der Waals surface area contributed by atoms with Gasteiger partial charge in [0.25, 0.3) is 0 Å². The molecule has 0 spiro atoms. The Morgan fingerprint density at radius 1 is 1.33 bits per heavy atom. The van der Waals surface area contributed by atoms with E-state index in [1.807, 2.05) is 12.1 Å². The van der Waals surface area contributed by atoms with Gasteiger partial charge in [-0.1, -0.05) is 6.42 Å². The van der Waals surface area contributed by atoms with Gasteiger partial charge in [0.15, 0.2) is 5.82 Å². The van der Waals surface area contributed by atoms with Crippen LogP contribution in [-0.4, -0.2) is 30.5 Å². The van der Waals surface area contributed by atoms with Gasteiger partial charge in [0.2, 0.25) is 5.91 Å². The molecular formula is C16H24N4O. The van der Waals surface area contributed by atoms with Crippen LogP contribution in [0, 0.1) is 11.8 Å². The molecule has 1 amide bonds. The Hall–Kier alpha value is -1.62. The molecule has 1 aliphatic carbocycles. The van der Waals surface area contributed by atoms with Crippen molar-refractivity contribution in [2.75, 3.05) is 29.9 Å². The highest BCUT2D eigenvalue weighted by atomic mass is 16.1. The standard InChI is InChI=1S/C16H24N4O/c17-11-12-5-3-6-13(12)16(21)19-14-7-4-8-18-15(14)20-9-1-2-10-20/h4,7-8,12-13H,1-3,5-6,9-11,17H2,(H,19,21). The van der Waals surface area contributed by atoms with Gasteiger partial charge >= 0.3 is 0 Å². The fraction of sp³-hybridized carbons (Fsp3) is 0.625. The van der Waals surface area contributed by atoms with Gasteiger partial charge in [-0.2, -0.15) is 0 Å². The molecule has 2 unspecified atom stereocenters. The Morgan fingerprint density at radius 3 is 2.90 bits per heavy atom. The highest BCUT2D eigenvalue weighted by molar-refractivity contribution is 5.95. The number of aromatic nitrogens is 1. The fourth-order valence-electron chi connectivity index (χ4n) is 3.57. The van der Waals surface area contributed by atoms with E-state index in [2.05, 4.69) is 15.2 Å². The third-order valence-electron chi connectivity index (χ3n) is 4.75. The summed E-state index contributed by atoms with van der Waals surface area (Å²) >= 11 is 0. The van der Waals surface area contributed by atoms with E-state index in [4.69, 9.17) is 5.73 Å². The number of nitrogens with two attached hydrogens (primary N) is 1. The molecule has 21 heavy (non-hydrogen) atoms. The molecule has 2 atom stereocenters. The average molecular weight is 288 g/mol. The Kier molecular flexibility index (Phi) is 4.39. The number of pyridine rings is 1. The number of carbonyl (C=O) groups is 1. The molecule has 3 N–H and O–H groups in total. The molecule has 1 saturated heterocycles. The molecule has 1 aromatic heterocycles. The molecule has 3 rings (SSSR count). The lowest BCUT2D eigenvalue weighted by Gasteiger charge is -2.22. The summed E-state index contributed by atoms with van der Waals surface area (Å²) in [4.78, 5) is 19.3. The van der Waals surface area contributed by atoms with E-state index in [1.54, 1.807) is 6.20 Å². The molecule has 5 nitrogen and oxygen atoms in total. The van der Waals surface area contributed by atoms with Gasteiger partial charge in [0, 0.05) is 25.2 Å². The summed E-state index contributed by atoms with van der Waals surface area (Å²) in [6.07, 6.45) is 7.31. The van der Waals surface area contributed by atoms with Gasteiger partial charge in [-0.15, -0.1) is 0 Å². The van der Waals surface area contributed by atoms with Crippen LogP contribution >= 0.6 is 0 Å². The van der Waals surface area contributed by atoms with Crippen LogP contribution in [0.4, 0.5) is 11.5 Å². The van der Waals surface area contributed by atoms with Crippen molar-refractivity contribution >= 4 is 17.4 Å². The van der Waals surface area contributed by atoms with Crippen molar-refractivity contribution in [3.05, 3.63) is 18.3 Å². The molecule has 114 valence electrons. The maximum absolute atomic E-state index is 12.5. The number of rotatable bonds is 4. The molecular weight excluding hydrogens is 264 g/mol. The summed E-state index contributed by atoms with van der Waals surface area (Å²) in [7, 11) is 0. The molecule has 5 heteroatoms. The summed E-state index contributed by atoms with van der Waals surface area (Å²) in [6, 6.07) is 3.83. The van der Waals surface area contributed by atoms with Crippen LogP contribution in [0.3, 0.4) is 0 Å². The monoisotopic (exact) mass is 288 g/mol. The first-order valence-corrected chi connectivity index (χ1v) is 8.00. The second-order valence-electron chi connectivity index (χ2n) is 6.09. The van der Waals surface area contributed by atoms with Gasteiger partial charge < -0.3 is 16.0 Å². The minimum absolute atomic E-state index is 0.0571. The Labute approximate surface area is 125 Å². The van der Waals surface area contributed by atoms with Crippen molar-refractivity contribution in [1.82, 2.24) is 4.98 Å². The van der Waals surface area contributed by atoms with Crippen LogP contribution in [0.15, 0.2) is 18.3 Å². The zero-order valence-electron chi connectivity index (χ0n) is 12.4. The smallest absolute Gasteiger partial charge is 0.227 e. The van der Waals surface area contributed by atoms with E-state index in [1.165, 1.54) is 12.8 Å². The zero-order chi connectivity index (χ0) is 14.7. The summed E-state index contributed by atoms with van der Waals surface area (Å²) < 4.78 is 0. The lowest BCUT2D eigenvalue weighted by atomic mass is 9.95. The first-order valence-electron chi connectivity index (χ1n) is 8.00. The van der Waals surface area contributed by atoms with Gasteiger partial charge in [0.05, 0.1) is 5.69 Å². The maximum Gasteiger partial charge on any atom is 0.227 e. The topological polar surface area (TPSA) is 71.2 Å². The molecule has 0 aromatic carbocycles. The van der Waals surface area contributed by atoms with Crippen molar-refractivity contribution in [2.45, 2.75) is 32.1 Å². The predicted octanol–water partition coefficient (Wildman–Crippen LogP) is 2.00. The lowest BCUT2D eigenvalue weighted by Crippen LogP contribution is -2.30. The summed E-state index contributed by atoms with van der Waals surface area (Å²) in [5.41, 5.74) is 6.62. The van der Waals surface area contributed by atoms with Crippen molar-refractivity contribution < 1.29 is 4.79 Å². The number of carbonyl (C=O) groups excluding carboxylic acids is 1. The zero-order valence-corrected chi connectivity index (χ0v) is 12.4. The summed E-state index contributed by atoms with van der Waals surface area (Å²) in [5.74, 6) is 1.40. The minimum atomic E-state index is 0.0571. The molecule has 2 fully saturated rings. The van der Waals surface area contributed by atoms with E-state index in [9.17, 15) is 4.79 Å². The Balaban J connectivity index is 1.73. The Bertz CT molecular complexity index is 499. The van der Waals surface area contributed by atoms with E-state index in [-0.39, 0.29) is 11.8 Å². The van der Waals surface area contributed by atoms with E-state index in [0.717, 1.165) is 43.9 Å². The number of hydrogen-bond donors (Lipinski definition) is 2. The summed E-state index contributed by atoms with van der Waals surface area (Å²) in [5, 5.41) is 3.10. The minimum Gasteiger partial charge on any atom is -0.355 e. The third-order valence-corrected chi connectivity index (χ3v) is 4.75. The molecule has 2 aliphatic rings. The normalized spacial score (nSPS) is 25.3. The molecule has 0 bridgehead atoms. The Morgan fingerprint density at radius 2 is 2.14 bits per heavy atom. The van der Waals surface area contributed by atoms with Crippen molar-refractivity contribution in [3.63, 3.8) is 0 Å². The number of amides is 1. The number of hydrogen-bond acceptors (Lipinski definition) is 4. The van der Waals surface area contributed by atoms with Crippen LogP contribution in [0.1, 0.15) is 32.1 Å². The lowest BCUT2D eigenvalue weighted by molar-refractivity contribution is -0.120. The van der Waals surface area contributed by atoms with Gasteiger partial charge in [-0.25, -0.2) is 4.98 Å². The number of anilines is 2. The number of nitrogens with zero attached hydrogens (tertiary/aromatic N) is 2. The van der Waals surface area contributed by atoms with Crippen LogP contribution in [0.25, 0.3) is 0 Å².